The average molecular weight is 430 g/mol. The number of anilines is 1. The number of carbonyl (C=O) groups is 1. The van der Waals surface area contributed by atoms with Crippen molar-refractivity contribution in [2.24, 2.45) is 7.05 Å². The van der Waals surface area contributed by atoms with E-state index >= 15 is 0 Å². The van der Waals surface area contributed by atoms with Gasteiger partial charge in [0, 0.05) is 26.7 Å². The van der Waals surface area contributed by atoms with Gasteiger partial charge in [0.25, 0.3) is 5.56 Å². The Morgan fingerprint density at radius 1 is 1.17 bits per heavy atom. The Balaban J connectivity index is 1.45. The Hall–Kier alpha value is -2.39. The van der Waals surface area contributed by atoms with E-state index in [1.54, 1.807) is 7.05 Å². The second kappa shape index (κ2) is 8.96. The maximum atomic E-state index is 12.8. The minimum absolute atomic E-state index is 0.0968. The number of rotatable bonds is 6. The van der Waals surface area contributed by atoms with Gasteiger partial charge in [-0.1, -0.05) is 53.4 Å². The first-order valence-electron chi connectivity index (χ1n) is 9.68. The van der Waals surface area contributed by atoms with Crippen molar-refractivity contribution < 1.29 is 4.79 Å². The number of nitrogens with zero attached hydrogens (tertiary/aromatic N) is 4. The summed E-state index contributed by atoms with van der Waals surface area (Å²) in [6.45, 7) is 2.43. The van der Waals surface area contributed by atoms with Gasteiger partial charge in [-0.05, 0) is 24.8 Å². The smallest absolute Gasteiger partial charge is 0.273 e. The zero-order chi connectivity index (χ0) is 20.2. The molecule has 1 N–H and O–H groups in total. The van der Waals surface area contributed by atoms with Crippen LogP contribution in [0.2, 0.25) is 0 Å². The molecule has 1 aliphatic rings. The van der Waals surface area contributed by atoms with E-state index in [0.717, 1.165) is 36.6 Å². The number of thioether (sulfide) groups is 1. The molecule has 0 bridgehead atoms. The van der Waals surface area contributed by atoms with E-state index in [-0.39, 0.29) is 17.2 Å². The molecule has 152 valence electrons. The van der Waals surface area contributed by atoms with Gasteiger partial charge in [0.05, 0.1) is 5.75 Å². The van der Waals surface area contributed by atoms with Crippen LogP contribution in [0.15, 0.2) is 40.3 Å². The quantitative estimate of drug-likeness (QED) is 0.479. The second-order valence-electron chi connectivity index (χ2n) is 7.01. The number of benzene rings is 1. The normalized spacial score (nSPS) is 14.3. The largest absolute Gasteiger partial charge is 0.351 e. The molecule has 3 heterocycles. The number of hydrogen-bond donors (Lipinski definition) is 1. The number of hydrogen-bond acceptors (Lipinski definition) is 7. The highest BCUT2D eigenvalue weighted by Crippen LogP contribution is 2.29. The molecule has 7 nitrogen and oxygen atoms in total. The van der Waals surface area contributed by atoms with Crippen LogP contribution in [0.4, 0.5) is 5.13 Å². The first kappa shape index (κ1) is 19.9. The summed E-state index contributed by atoms with van der Waals surface area (Å²) >= 11 is 2.67. The van der Waals surface area contributed by atoms with Crippen LogP contribution in [0.25, 0.3) is 10.3 Å². The van der Waals surface area contributed by atoms with E-state index in [9.17, 15) is 9.59 Å². The first-order chi connectivity index (χ1) is 14.1. The van der Waals surface area contributed by atoms with Crippen molar-refractivity contribution in [3.05, 3.63) is 46.2 Å². The molecule has 0 saturated carbocycles. The van der Waals surface area contributed by atoms with Crippen molar-refractivity contribution in [2.45, 2.75) is 31.0 Å². The number of amides is 1. The number of aromatic nitrogens is 3. The topological polar surface area (TPSA) is 80.1 Å². The van der Waals surface area contributed by atoms with E-state index in [1.807, 2.05) is 30.3 Å². The summed E-state index contributed by atoms with van der Waals surface area (Å²) in [5.41, 5.74) is 1.42. The molecule has 1 aliphatic heterocycles. The highest BCUT2D eigenvalue weighted by molar-refractivity contribution is 7.99. The average Bonchev–Trinajstić information content (AvgIpc) is 3.19. The molecule has 1 aromatic carbocycles. The van der Waals surface area contributed by atoms with Gasteiger partial charge in [0.2, 0.25) is 5.91 Å². The Kier molecular flexibility index (Phi) is 6.15. The molecule has 0 unspecified atom stereocenters. The van der Waals surface area contributed by atoms with Crippen LogP contribution >= 0.6 is 23.1 Å². The second-order valence-corrected chi connectivity index (χ2v) is 8.93. The van der Waals surface area contributed by atoms with Crippen LogP contribution in [0.1, 0.15) is 24.8 Å². The fourth-order valence-corrected chi connectivity index (χ4v) is 5.07. The van der Waals surface area contributed by atoms with Crippen LogP contribution in [-0.2, 0) is 18.4 Å². The lowest BCUT2D eigenvalue weighted by Gasteiger charge is -2.25. The van der Waals surface area contributed by atoms with Crippen LogP contribution in [0.5, 0.6) is 0 Å². The van der Waals surface area contributed by atoms with Crippen molar-refractivity contribution in [1.82, 2.24) is 19.9 Å². The van der Waals surface area contributed by atoms with E-state index in [4.69, 9.17) is 0 Å². The minimum atomic E-state index is -0.108. The lowest BCUT2D eigenvalue weighted by atomic mass is 10.1. The fraction of sp³-hybridized carbons (Fsp3) is 0.400. The van der Waals surface area contributed by atoms with Crippen molar-refractivity contribution >= 4 is 44.5 Å². The third kappa shape index (κ3) is 4.62. The molecular formula is C20H23N5O2S2. The van der Waals surface area contributed by atoms with Crippen molar-refractivity contribution in [3.63, 3.8) is 0 Å². The van der Waals surface area contributed by atoms with Gasteiger partial charge in [-0.3, -0.25) is 14.2 Å². The Morgan fingerprint density at radius 2 is 1.93 bits per heavy atom. The number of fused-ring (bicyclic) bond motifs is 1. The molecule has 4 rings (SSSR count). The van der Waals surface area contributed by atoms with E-state index in [2.05, 4.69) is 20.2 Å². The van der Waals surface area contributed by atoms with Crippen LogP contribution in [-0.4, -0.2) is 39.3 Å². The monoisotopic (exact) mass is 429 g/mol. The third-order valence-corrected chi connectivity index (χ3v) is 7.00. The SMILES string of the molecule is Cn1c(SCC(=O)NCc2ccccc2)nc2nc(N3CCCCC3)sc2c1=O. The molecule has 0 radical (unpaired) electrons. The molecule has 1 amide bonds. The highest BCUT2D eigenvalue weighted by atomic mass is 32.2. The molecule has 3 aromatic rings. The lowest BCUT2D eigenvalue weighted by Crippen LogP contribution is -2.29. The minimum Gasteiger partial charge on any atom is -0.351 e. The van der Waals surface area contributed by atoms with Gasteiger partial charge < -0.3 is 10.2 Å². The number of nitrogens with one attached hydrogen (secondary N) is 1. The van der Waals surface area contributed by atoms with Crippen LogP contribution < -0.4 is 15.8 Å². The molecular weight excluding hydrogens is 406 g/mol. The highest BCUT2D eigenvalue weighted by Gasteiger charge is 2.19. The predicted molar refractivity (Wildman–Crippen MR) is 118 cm³/mol. The van der Waals surface area contributed by atoms with Gasteiger partial charge in [0.1, 0.15) is 4.70 Å². The maximum Gasteiger partial charge on any atom is 0.273 e. The molecule has 2 aromatic heterocycles. The zero-order valence-corrected chi connectivity index (χ0v) is 17.9. The summed E-state index contributed by atoms with van der Waals surface area (Å²) in [4.78, 5) is 36.4. The van der Waals surface area contributed by atoms with Gasteiger partial charge in [-0.25, -0.2) is 4.98 Å². The summed E-state index contributed by atoms with van der Waals surface area (Å²) in [5, 5.41) is 4.27. The van der Waals surface area contributed by atoms with Crippen LogP contribution in [0, 0.1) is 0 Å². The number of thiazole rings is 1. The lowest BCUT2D eigenvalue weighted by molar-refractivity contribution is -0.118. The third-order valence-electron chi connectivity index (χ3n) is 4.88. The van der Waals surface area contributed by atoms with Crippen molar-refractivity contribution in [3.8, 4) is 0 Å². The zero-order valence-electron chi connectivity index (χ0n) is 16.3. The number of piperidine rings is 1. The summed E-state index contributed by atoms with van der Waals surface area (Å²) in [7, 11) is 1.69. The van der Waals surface area contributed by atoms with Gasteiger partial charge in [-0.15, -0.1) is 0 Å². The molecule has 0 atom stereocenters. The summed E-state index contributed by atoms with van der Waals surface area (Å²) in [6.07, 6.45) is 3.55. The van der Waals surface area contributed by atoms with Crippen molar-refractivity contribution in [1.29, 1.82) is 0 Å². The van der Waals surface area contributed by atoms with Crippen molar-refractivity contribution in [2.75, 3.05) is 23.7 Å². The molecule has 0 spiro atoms. The molecule has 29 heavy (non-hydrogen) atoms. The Bertz CT molecular complexity index is 1060. The van der Waals surface area contributed by atoms with Gasteiger partial charge in [0.15, 0.2) is 15.9 Å². The molecule has 1 saturated heterocycles. The molecule has 1 fully saturated rings. The van der Waals surface area contributed by atoms with E-state index < -0.39 is 0 Å². The Labute approximate surface area is 177 Å². The standard InChI is InChI=1S/C20H23N5O2S2/c1-24-18(27)16-17(23-20(29-16)25-10-6-3-7-11-25)22-19(24)28-13-15(26)21-12-14-8-4-2-5-9-14/h2,4-5,8-9H,3,6-7,10-13H2,1H3,(H,21,26). The summed E-state index contributed by atoms with van der Waals surface area (Å²) in [5.74, 6) is 0.0994. The fourth-order valence-electron chi connectivity index (χ4n) is 3.25. The van der Waals surface area contributed by atoms with Gasteiger partial charge >= 0.3 is 0 Å². The van der Waals surface area contributed by atoms with Gasteiger partial charge in [-0.2, -0.15) is 4.98 Å². The number of carbonyl (C=O) groups excluding carboxylic acids is 1. The van der Waals surface area contributed by atoms with Crippen LogP contribution in [0.3, 0.4) is 0 Å². The summed E-state index contributed by atoms with van der Waals surface area (Å²) in [6, 6.07) is 9.76. The molecule has 0 aliphatic carbocycles. The maximum absolute atomic E-state index is 12.8. The predicted octanol–water partition coefficient (Wildman–Crippen LogP) is 2.79. The molecule has 9 heteroatoms. The van der Waals surface area contributed by atoms with E-state index in [0.29, 0.717) is 22.0 Å². The summed E-state index contributed by atoms with van der Waals surface area (Å²) < 4.78 is 2.08. The Morgan fingerprint density at radius 3 is 2.69 bits per heavy atom. The first-order valence-corrected chi connectivity index (χ1v) is 11.5. The van der Waals surface area contributed by atoms with E-state index in [1.165, 1.54) is 34.1 Å².